The smallest absolute Gasteiger partial charge is 0.178 e. The number of nitrogens with zero attached hydrogens (tertiary/aromatic N) is 6. The molecule has 0 radical (unpaired) electrons. The second-order valence-electron chi connectivity index (χ2n) is 4.64. The first-order valence-electron chi connectivity index (χ1n) is 6.36. The molecule has 6 nitrogen and oxygen atoms in total. The summed E-state index contributed by atoms with van der Waals surface area (Å²) in [6.07, 6.45) is 0.799. The molecule has 0 spiro atoms. The Morgan fingerprint density at radius 1 is 1.05 bits per heavy atom. The third kappa shape index (κ3) is 1.71. The van der Waals surface area contributed by atoms with E-state index in [4.69, 9.17) is 0 Å². The van der Waals surface area contributed by atoms with Crippen LogP contribution in [0.15, 0.2) is 12.1 Å². The molecule has 0 aromatic carbocycles. The van der Waals surface area contributed by atoms with Crippen LogP contribution in [0.25, 0.3) is 11.5 Å². The van der Waals surface area contributed by atoms with Gasteiger partial charge in [-0.05, 0) is 38.5 Å². The van der Waals surface area contributed by atoms with Gasteiger partial charge >= 0.3 is 0 Å². The highest BCUT2D eigenvalue weighted by Gasteiger charge is 2.12. The van der Waals surface area contributed by atoms with Gasteiger partial charge in [-0.1, -0.05) is 6.92 Å². The number of rotatable bonds is 2. The first-order valence-corrected chi connectivity index (χ1v) is 6.36. The standard InChI is InChI=1S/C13H16N6/c1-5-11-14-15-12-6-7-13(17-19(11)12)18-10(4)8(2)9(3)16-18/h6-7H,5H2,1-4H3. The van der Waals surface area contributed by atoms with E-state index in [2.05, 4.69) is 27.3 Å². The molecule has 0 unspecified atom stereocenters. The summed E-state index contributed by atoms with van der Waals surface area (Å²) in [5, 5.41) is 17.3. The first kappa shape index (κ1) is 11.8. The zero-order chi connectivity index (χ0) is 13.6. The molecule has 0 N–H and O–H groups in total. The van der Waals surface area contributed by atoms with Gasteiger partial charge < -0.3 is 0 Å². The highest BCUT2D eigenvalue weighted by Crippen LogP contribution is 2.15. The van der Waals surface area contributed by atoms with E-state index in [0.717, 1.165) is 35.1 Å². The Morgan fingerprint density at radius 3 is 2.47 bits per heavy atom. The molecule has 0 aliphatic rings. The molecule has 0 fully saturated rings. The lowest BCUT2D eigenvalue weighted by Crippen LogP contribution is -2.07. The van der Waals surface area contributed by atoms with Crippen LogP contribution in [0.5, 0.6) is 0 Å². The molecule has 0 aliphatic carbocycles. The lowest BCUT2D eigenvalue weighted by Gasteiger charge is -2.04. The Labute approximate surface area is 111 Å². The van der Waals surface area contributed by atoms with Crippen molar-refractivity contribution in [3.05, 3.63) is 34.9 Å². The summed E-state index contributed by atoms with van der Waals surface area (Å²) in [6, 6.07) is 3.84. The molecule has 0 amide bonds. The summed E-state index contributed by atoms with van der Waals surface area (Å²) in [6.45, 7) is 8.17. The third-order valence-corrected chi connectivity index (χ3v) is 3.50. The van der Waals surface area contributed by atoms with Gasteiger partial charge in [0.05, 0.1) is 5.69 Å². The second-order valence-corrected chi connectivity index (χ2v) is 4.64. The minimum atomic E-state index is 0.763. The predicted molar refractivity (Wildman–Crippen MR) is 71.5 cm³/mol. The first-order chi connectivity index (χ1) is 9.11. The lowest BCUT2D eigenvalue weighted by atomic mass is 10.2. The van der Waals surface area contributed by atoms with Gasteiger partial charge in [-0.25, -0.2) is 4.68 Å². The zero-order valence-corrected chi connectivity index (χ0v) is 11.5. The van der Waals surface area contributed by atoms with Crippen LogP contribution in [-0.4, -0.2) is 29.6 Å². The van der Waals surface area contributed by atoms with Gasteiger partial charge in [0.25, 0.3) is 0 Å². The van der Waals surface area contributed by atoms with E-state index in [1.165, 1.54) is 5.56 Å². The Kier molecular flexibility index (Phi) is 2.58. The van der Waals surface area contributed by atoms with Gasteiger partial charge in [0.15, 0.2) is 17.3 Å². The summed E-state index contributed by atoms with van der Waals surface area (Å²) in [5.74, 6) is 1.64. The maximum Gasteiger partial charge on any atom is 0.178 e. The monoisotopic (exact) mass is 256 g/mol. The highest BCUT2D eigenvalue weighted by atomic mass is 15.4. The molecule has 3 heterocycles. The Bertz CT molecular complexity index is 752. The second kappa shape index (κ2) is 4.15. The average molecular weight is 256 g/mol. The largest absolute Gasteiger partial charge is 0.217 e. The van der Waals surface area contributed by atoms with E-state index in [0.29, 0.717) is 0 Å². The van der Waals surface area contributed by atoms with Crippen molar-refractivity contribution in [2.45, 2.75) is 34.1 Å². The van der Waals surface area contributed by atoms with Gasteiger partial charge in [-0.2, -0.15) is 9.61 Å². The molecule has 0 aliphatic heterocycles. The lowest BCUT2D eigenvalue weighted by molar-refractivity contribution is 0.744. The molecular formula is C13H16N6. The van der Waals surface area contributed by atoms with Gasteiger partial charge in [0, 0.05) is 12.1 Å². The van der Waals surface area contributed by atoms with Gasteiger partial charge in [-0.15, -0.1) is 15.3 Å². The van der Waals surface area contributed by atoms with Gasteiger partial charge in [-0.3, -0.25) is 0 Å². The van der Waals surface area contributed by atoms with Crippen molar-refractivity contribution < 1.29 is 0 Å². The van der Waals surface area contributed by atoms with Crippen LogP contribution < -0.4 is 0 Å². The topological polar surface area (TPSA) is 60.9 Å². The Balaban J connectivity index is 2.22. The minimum Gasteiger partial charge on any atom is -0.217 e. The van der Waals surface area contributed by atoms with Crippen molar-refractivity contribution in [1.29, 1.82) is 0 Å². The van der Waals surface area contributed by atoms with Crippen LogP contribution in [0, 0.1) is 20.8 Å². The van der Waals surface area contributed by atoms with Crippen molar-refractivity contribution in [1.82, 2.24) is 29.6 Å². The number of aromatic nitrogens is 6. The summed E-state index contributed by atoms with van der Waals surface area (Å²) in [7, 11) is 0. The average Bonchev–Trinajstić information content (AvgIpc) is 2.94. The fourth-order valence-electron chi connectivity index (χ4n) is 2.10. The van der Waals surface area contributed by atoms with Crippen molar-refractivity contribution in [2.75, 3.05) is 0 Å². The predicted octanol–water partition coefficient (Wildman–Crippen LogP) is 1.80. The van der Waals surface area contributed by atoms with E-state index in [9.17, 15) is 0 Å². The fourth-order valence-corrected chi connectivity index (χ4v) is 2.10. The molecule has 19 heavy (non-hydrogen) atoms. The summed E-state index contributed by atoms with van der Waals surface area (Å²) in [4.78, 5) is 0. The van der Waals surface area contributed by atoms with E-state index in [1.807, 2.05) is 37.6 Å². The number of aryl methyl sites for hydroxylation is 2. The van der Waals surface area contributed by atoms with E-state index < -0.39 is 0 Å². The molecule has 3 aromatic rings. The van der Waals surface area contributed by atoms with Crippen molar-refractivity contribution in [3.8, 4) is 5.82 Å². The van der Waals surface area contributed by atoms with Crippen LogP contribution >= 0.6 is 0 Å². The van der Waals surface area contributed by atoms with Crippen LogP contribution in [0.1, 0.15) is 29.7 Å². The molecule has 3 aromatic heterocycles. The summed E-state index contributed by atoms with van der Waals surface area (Å²) < 4.78 is 3.64. The maximum atomic E-state index is 4.58. The van der Waals surface area contributed by atoms with Crippen LogP contribution in [-0.2, 0) is 6.42 Å². The summed E-state index contributed by atoms with van der Waals surface area (Å²) in [5.41, 5.74) is 4.09. The minimum absolute atomic E-state index is 0.763. The Morgan fingerprint density at radius 2 is 1.84 bits per heavy atom. The number of fused-ring (bicyclic) bond motifs is 1. The molecule has 98 valence electrons. The van der Waals surface area contributed by atoms with Crippen molar-refractivity contribution >= 4 is 5.65 Å². The van der Waals surface area contributed by atoms with Gasteiger partial charge in [0.2, 0.25) is 0 Å². The molecule has 6 heteroatoms. The third-order valence-electron chi connectivity index (χ3n) is 3.50. The molecule has 0 atom stereocenters. The van der Waals surface area contributed by atoms with Crippen molar-refractivity contribution in [3.63, 3.8) is 0 Å². The number of hydrogen-bond acceptors (Lipinski definition) is 4. The number of hydrogen-bond donors (Lipinski definition) is 0. The normalized spacial score (nSPS) is 11.4. The van der Waals surface area contributed by atoms with E-state index in [-0.39, 0.29) is 0 Å². The summed E-state index contributed by atoms with van der Waals surface area (Å²) >= 11 is 0. The molecular weight excluding hydrogens is 240 g/mol. The zero-order valence-electron chi connectivity index (χ0n) is 11.5. The van der Waals surface area contributed by atoms with Crippen molar-refractivity contribution in [2.24, 2.45) is 0 Å². The van der Waals surface area contributed by atoms with E-state index in [1.54, 1.807) is 4.52 Å². The van der Waals surface area contributed by atoms with Crippen LogP contribution in [0.3, 0.4) is 0 Å². The Hall–Kier alpha value is -2.24. The maximum absolute atomic E-state index is 4.58. The molecule has 0 bridgehead atoms. The highest BCUT2D eigenvalue weighted by molar-refractivity contribution is 5.40. The quantitative estimate of drug-likeness (QED) is 0.701. The molecule has 0 saturated heterocycles. The van der Waals surface area contributed by atoms with Crippen LogP contribution in [0.2, 0.25) is 0 Å². The molecule has 3 rings (SSSR count). The molecule has 0 saturated carbocycles. The van der Waals surface area contributed by atoms with Crippen LogP contribution in [0.4, 0.5) is 0 Å². The van der Waals surface area contributed by atoms with Gasteiger partial charge in [0.1, 0.15) is 0 Å². The SMILES string of the molecule is CCc1nnc2ccc(-n3nc(C)c(C)c3C)nn12. The fraction of sp³-hybridized carbons (Fsp3) is 0.385. The van der Waals surface area contributed by atoms with E-state index >= 15 is 0 Å².